The van der Waals surface area contributed by atoms with Crippen LogP contribution in [0.1, 0.15) is 59.1 Å². The third kappa shape index (κ3) is 5.06. The normalized spacial score (nSPS) is 18.6. The predicted octanol–water partition coefficient (Wildman–Crippen LogP) is 4.48. The number of benzene rings is 1. The van der Waals surface area contributed by atoms with Gasteiger partial charge in [-0.25, -0.2) is 9.79 Å². The number of carbonyl (C=O) groups is 2. The van der Waals surface area contributed by atoms with E-state index in [9.17, 15) is 9.59 Å². The summed E-state index contributed by atoms with van der Waals surface area (Å²) in [6.07, 6.45) is 0.985. The summed E-state index contributed by atoms with van der Waals surface area (Å²) in [7, 11) is 0. The van der Waals surface area contributed by atoms with Crippen LogP contribution in [-0.4, -0.2) is 47.0 Å². The molecule has 31 heavy (non-hydrogen) atoms. The maximum Gasteiger partial charge on any atom is 0.338 e. The second-order valence-electron chi connectivity index (χ2n) is 7.60. The van der Waals surface area contributed by atoms with Crippen molar-refractivity contribution in [3.8, 4) is 11.5 Å². The number of nitrogens with zero attached hydrogens (tertiary/aromatic N) is 2. The number of fused-ring (bicyclic) bond motifs is 1. The topological polar surface area (TPSA) is 77.4 Å². The Bertz CT molecular complexity index is 909. The Morgan fingerprint density at radius 2 is 2.03 bits per heavy atom. The summed E-state index contributed by atoms with van der Waals surface area (Å²) in [5, 5.41) is 0.615. The fourth-order valence-electron chi connectivity index (χ4n) is 3.54. The zero-order valence-corrected chi connectivity index (χ0v) is 19.6. The number of esters is 1. The van der Waals surface area contributed by atoms with Gasteiger partial charge in [-0.3, -0.25) is 9.69 Å². The summed E-state index contributed by atoms with van der Waals surface area (Å²) < 4.78 is 17.2. The zero-order chi connectivity index (χ0) is 22.5. The lowest BCUT2D eigenvalue weighted by atomic mass is 9.93. The quantitative estimate of drug-likeness (QED) is 0.548. The van der Waals surface area contributed by atoms with Gasteiger partial charge in [-0.1, -0.05) is 24.8 Å². The number of ether oxygens (including phenoxy) is 3. The summed E-state index contributed by atoms with van der Waals surface area (Å²) >= 11 is 1.52. The average molecular weight is 447 g/mol. The molecular formula is C23H30N2O5S. The van der Waals surface area contributed by atoms with Gasteiger partial charge < -0.3 is 14.2 Å². The minimum absolute atomic E-state index is 0.0610. The molecule has 1 amide bonds. The number of amides is 1. The van der Waals surface area contributed by atoms with Crippen molar-refractivity contribution in [1.82, 2.24) is 4.90 Å². The van der Waals surface area contributed by atoms with Crippen LogP contribution in [0.25, 0.3) is 0 Å². The number of allylic oxidation sites excluding steroid dienone is 1. The Hall–Kier alpha value is -2.48. The molecule has 0 bridgehead atoms. The van der Waals surface area contributed by atoms with E-state index in [2.05, 4.69) is 4.99 Å². The van der Waals surface area contributed by atoms with Crippen molar-refractivity contribution in [3.63, 3.8) is 0 Å². The van der Waals surface area contributed by atoms with E-state index < -0.39 is 12.0 Å². The zero-order valence-electron chi connectivity index (χ0n) is 18.8. The van der Waals surface area contributed by atoms with Crippen molar-refractivity contribution in [1.29, 1.82) is 0 Å². The lowest BCUT2D eigenvalue weighted by Crippen LogP contribution is -2.46. The molecule has 0 spiro atoms. The Kier molecular flexibility index (Phi) is 7.64. The number of rotatable bonds is 8. The molecule has 2 aliphatic rings. The van der Waals surface area contributed by atoms with Gasteiger partial charge in [0.25, 0.3) is 0 Å². The van der Waals surface area contributed by atoms with E-state index in [4.69, 9.17) is 14.2 Å². The van der Waals surface area contributed by atoms with E-state index in [0.717, 1.165) is 12.0 Å². The minimum atomic E-state index is -0.626. The van der Waals surface area contributed by atoms with Crippen LogP contribution in [0.4, 0.5) is 0 Å². The van der Waals surface area contributed by atoms with Crippen LogP contribution in [0.3, 0.4) is 0 Å². The third-order valence-electron chi connectivity index (χ3n) is 4.81. The molecule has 1 fully saturated rings. The van der Waals surface area contributed by atoms with E-state index in [1.807, 2.05) is 32.0 Å². The van der Waals surface area contributed by atoms with Crippen LogP contribution in [0.2, 0.25) is 0 Å². The Labute approximate surface area is 187 Å². The van der Waals surface area contributed by atoms with Gasteiger partial charge in [-0.2, -0.15) is 0 Å². The smallest absolute Gasteiger partial charge is 0.338 e. The molecule has 1 aromatic rings. The van der Waals surface area contributed by atoms with Gasteiger partial charge in [0.15, 0.2) is 16.7 Å². The lowest BCUT2D eigenvalue weighted by Gasteiger charge is -2.39. The van der Waals surface area contributed by atoms with Crippen LogP contribution < -0.4 is 9.47 Å². The van der Waals surface area contributed by atoms with Gasteiger partial charge in [-0.15, -0.1) is 0 Å². The van der Waals surface area contributed by atoms with Crippen molar-refractivity contribution >= 4 is 28.8 Å². The molecule has 1 aromatic carbocycles. The highest BCUT2D eigenvalue weighted by atomic mass is 32.2. The molecule has 0 N–H and O–H groups in total. The van der Waals surface area contributed by atoms with Gasteiger partial charge in [0, 0.05) is 12.2 Å². The van der Waals surface area contributed by atoms with E-state index in [1.54, 1.807) is 25.7 Å². The van der Waals surface area contributed by atoms with Crippen LogP contribution in [0, 0.1) is 0 Å². The van der Waals surface area contributed by atoms with Crippen molar-refractivity contribution in [2.45, 2.75) is 59.6 Å². The first-order valence-electron chi connectivity index (χ1n) is 10.7. The summed E-state index contributed by atoms with van der Waals surface area (Å²) in [4.78, 5) is 32.2. The molecule has 0 aliphatic carbocycles. The van der Waals surface area contributed by atoms with E-state index in [0.29, 0.717) is 53.3 Å². The number of hydrogen-bond donors (Lipinski definition) is 0. The monoisotopic (exact) mass is 446 g/mol. The van der Waals surface area contributed by atoms with Crippen LogP contribution in [-0.2, 0) is 14.3 Å². The van der Waals surface area contributed by atoms with Gasteiger partial charge in [-0.05, 0) is 51.8 Å². The van der Waals surface area contributed by atoms with Gasteiger partial charge >= 0.3 is 5.97 Å². The van der Waals surface area contributed by atoms with Crippen molar-refractivity contribution < 1.29 is 23.8 Å². The standard InChI is InChI=1S/C23H30N2O5S/c1-6-11-29-17-9-8-16(13-18(17)28-7-2)21-20(22(27)30-14(3)4)15(5)24-23-25(21)19(26)10-12-31-23/h8-9,13-14,21H,6-7,10-12H2,1-5H3. The second kappa shape index (κ2) is 10.2. The Balaban J connectivity index is 2.11. The van der Waals surface area contributed by atoms with Gasteiger partial charge in [0.05, 0.1) is 36.6 Å². The molecule has 2 aliphatic heterocycles. The van der Waals surface area contributed by atoms with Crippen LogP contribution in [0.15, 0.2) is 34.5 Å². The van der Waals surface area contributed by atoms with E-state index in [1.165, 1.54) is 11.8 Å². The molecule has 0 aromatic heterocycles. The first-order chi connectivity index (χ1) is 14.9. The van der Waals surface area contributed by atoms with E-state index >= 15 is 0 Å². The first-order valence-corrected chi connectivity index (χ1v) is 11.7. The largest absolute Gasteiger partial charge is 0.490 e. The predicted molar refractivity (Wildman–Crippen MR) is 121 cm³/mol. The number of carbonyl (C=O) groups excluding carboxylic acids is 2. The average Bonchev–Trinajstić information content (AvgIpc) is 2.71. The summed E-state index contributed by atoms with van der Waals surface area (Å²) in [5.41, 5.74) is 1.69. The fraction of sp³-hybridized carbons (Fsp3) is 0.522. The van der Waals surface area contributed by atoms with Crippen molar-refractivity contribution in [2.75, 3.05) is 19.0 Å². The number of amidine groups is 1. The molecule has 8 heteroatoms. The highest BCUT2D eigenvalue weighted by Crippen LogP contribution is 2.42. The molecule has 1 unspecified atom stereocenters. The molecule has 0 saturated carbocycles. The molecule has 1 atom stereocenters. The molecule has 7 nitrogen and oxygen atoms in total. The summed E-state index contributed by atoms with van der Waals surface area (Å²) in [6, 6.07) is 4.94. The molecule has 3 rings (SSSR count). The van der Waals surface area contributed by atoms with Gasteiger partial charge in [0.1, 0.15) is 0 Å². The van der Waals surface area contributed by atoms with Crippen molar-refractivity contribution in [2.24, 2.45) is 4.99 Å². The van der Waals surface area contributed by atoms with Crippen LogP contribution in [0.5, 0.6) is 11.5 Å². The summed E-state index contributed by atoms with van der Waals surface area (Å²) in [6.45, 7) is 10.4. The van der Waals surface area contributed by atoms with E-state index in [-0.39, 0.29) is 12.0 Å². The maximum atomic E-state index is 13.1. The maximum absolute atomic E-state index is 13.1. The molecule has 0 radical (unpaired) electrons. The lowest BCUT2D eigenvalue weighted by molar-refractivity contribution is -0.143. The Morgan fingerprint density at radius 1 is 1.26 bits per heavy atom. The SMILES string of the molecule is CCCOc1ccc(C2C(C(=O)OC(C)C)=C(C)N=C3SCCC(=O)N32)cc1OCC. The van der Waals surface area contributed by atoms with Gasteiger partial charge in [0.2, 0.25) is 5.91 Å². The highest BCUT2D eigenvalue weighted by Gasteiger charge is 2.42. The second-order valence-corrected chi connectivity index (χ2v) is 8.66. The molecule has 168 valence electrons. The molecule has 1 saturated heterocycles. The number of thioether (sulfide) groups is 1. The number of hydrogen-bond acceptors (Lipinski definition) is 7. The molecular weight excluding hydrogens is 416 g/mol. The molecule has 2 heterocycles. The van der Waals surface area contributed by atoms with Crippen molar-refractivity contribution in [3.05, 3.63) is 35.0 Å². The Morgan fingerprint density at radius 3 is 2.71 bits per heavy atom. The number of aliphatic imine (C=N–C) groups is 1. The fourth-order valence-corrected chi connectivity index (χ4v) is 4.55. The minimum Gasteiger partial charge on any atom is -0.490 e. The first kappa shape index (κ1) is 23.2. The third-order valence-corrected chi connectivity index (χ3v) is 5.77. The summed E-state index contributed by atoms with van der Waals surface area (Å²) in [5.74, 6) is 1.38. The van der Waals surface area contributed by atoms with Crippen LogP contribution >= 0.6 is 11.8 Å². The highest BCUT2D eigenvalue weighted by molar-refractivity contribution is 8.14.